The van der Waals surface area contributed by atoms with Crippen LogP contribution in [0.5, 0.6) is 0 Å². The molecule has 5 heterocycles. The van der Waals surface area contributed by atoms with Crippen LogP contribution in [-0.2, 0) is 49.4 Å². The van der Waals surface area contributed by atoms with Gasteiger partial charge >= 0.3 is 11.9 Å². The van der Waals surface area contributed by atoms with Crippen molar-refractivity contribution in [2.75, 3.05) is 27.0 Å². The highest BCUT2D eigenvalue weighted by atomic mass is 32.2. The van der Waals surface area contributed by atoms with Crippen LogP contribution in [0, 0.1) is 29.6 Å². The van der Waals surface area contributed by atoms with Gasteiger partial charge in [0.1, 0.15) is 29.2 Å². The number of esters is 2. The second kappa shape index (κ2) is 18.4. The summed E-state index contributed by atoms with van der Waals surface area (Å²) < 4.78 is 33.1. The van der Waals surface area contributed by atoms with E-state index in [9.17, 15) is 24.3 Å². The predicted molar refractivity (Wildman–Crippen MR) is 214 cm³/mol. The van der Waals surface area contributed by atoms with Gasteiger partial charge in [-0.3, -0.25) is 28.8 Å². The van der Waals surface area contributed by atoms with Gasteiger partial charge in [0.2, 0.25) is 0 Å². The molecular formula is C42H62N4O10S. The first kappa shape index (κ1) is 44.9. The number of Topliss-reactive ketones (excluding diaryl/α,β-unsaturated/α-hetero) is 2. The molecule has 3 fully saturated rings. The minimum atomic E-state index is -1.37. The lowest BCUT2D eigenvalue weighted by molar-refractivity contribution is -0.295. The standard InChI is InChI=1S/C42H62N4O10S/c1-12-31-42(8)32(36(39(51)56-42)57-19-18-46-17-15-29(44-46)28-14-13-16-43-22-28)25(4)33(47)23(2)21-41(7,52-11)37(26(5)34(48)27(6)38(50)54-31)55-40-35(49)30(45(9)10)20-24(3)53-40/h13-17,22-27,30-32,35-37,40,49H,12,18-21H2,1-11H3/t23-,24-,25-,26+,27-,30+,31-,32+,35-,36+,37-,40+,41-,42-/m1/s1. The first-order valence-corrected chi connectivity index (χ1v) is 21.2. The molecule has 316 valence electrons. The number of nitrogens with zero attached hydrogens (tertiary/aromatic N) is 4. The number of methoxy groups -OCH3 is 1. The molecule has 0 radical (unpaired) electrons. The number of hydrogen-bond acceptors (Lipinski definition) is 14. The highest BCUT2D eigenvalue weighted by Gasteiger charge is 2.61. The van der Waals surface area contributed by atoms with Crippen molar-refractivity contribution in [2.45, 2.75) is 134 Å². The second-order valence-corrected chi connectivity index (χ2v) is 18.1. The van der Waals surface area contributed by atoms with Gasteiger partial charge in [-0.25, -0.2) is 0 Å². The summed E-state index contributed by atoms with van der Waals surface area (Å²) in [6, 6.07) is 5.41. The third kappa shape index (κ3) is 9.33. The Balaban J connectivity index is 1.47. The average Bonchev–Trinajstić information content (AvgIpc) is 3.76. The van der Waals surface area contributed by atoms with Gasteiger partial charge in [-0.05, 0) is 79.3 Å². The molecule has 14 atom stereocenters. The van der Waals surface area contributed by atoms with Crippen molar-refractivity contribution in [3.8, 4) is 11.3 Å². The van der Waals surface area contributed by atoms with Crippen molar-refractivity contribution in [3.63, 3.8) is 0 Å². The number of cyclic esters (lactones) is 1. The summed E-state index contributed by atoms with van der Waals surface area (Å²) in [5.41, 5.74) is -0.962. The predicted octanol–water partition coefficient (Wildman–Crippen LogP) is 4.60. The van der Waals surface area contributed by atoms with Crippen LogP contribution in [0.3, 0.4) is 0 Å². The van der Waals surface area contributed by atoms with Crippen LogP contribution in [0.2, 0.25) is 0 Å². The van der Waals surface area contributed by atoms with Crippen molar-refractivity contribution in [3.05, 3.63) is 36.8 Å². The molecule has 14 nitrogen and oxygen atoms in total. The summed E-state index contributed by atoms with van der Waals surface area (Å²) in [5.74, 6) is -5.57. The Morgan fingerprint density at radius 1 is 1.04 bits per heavy atom. The molecule has 0 aromatic carbocycles. The fraction of sp³-hybridized carbons (Fsp3) is 0.714. The smallest absolute Gasteiger partial charge is 0.320 e. The minimum Gasteiger partial charge on any atom is -0.458 e. The monoisotopic (exact) mass is 814 g/mol. The largest absolute Gasteiger partial charge is 0.458 e. The van der Waals surface area contributed by atoms with Crippen molar-refractivity contribution in [1.29, 1.82) is 0 Å². The number of hydrogen-bond donors (Lipinski definition) is 1. The third-order valence-electron chi connectivity index (χ3n) is 12.5. The number of fused-ring (bicyclic) bond motifs is 1. The summed E-state index contributed by atoms with van der Waals surface area (Å²) in [5, 5.41) is 15.4. The Bertz CT molecular complexity index is 1730. The van der Waals surface area contributed by atoms with E-state index < -0.39 is 88.4 Å². The van der Waals surface area contributed by atoms with Crippen LogP contribution in [0.25, 0.3) is 11.3 Å². The highest BCUT2D eigenvalue weighted by molar-refractivity contribution is 8.00. The summed E-state index contributed by atoms with van der Waals surface area (Å²) >= 11 is 1.39. The molecule has 15 heteroatoms. The minimum absolute atomic E-state index is 0.133. The molecule has 1 N–H and O–H groups in total. The van der Waals surface area contributed by atoms with E-state index in [4.69, 9.17) is 23.7 Å². The van der Waals surface area contributed by atoms with Crippen molar-refractivity contribution in [2.24, 2.45) is 29.6 Å². The molecular weight excluding hydrogens is 753 g/mol. The van der Waals surface area contributed by atoms with Crippen LogP contribution >= 0.6 is 11.8 Å². The molecule has 5 rings (SSSR count). The van der Waals surface area contributed by atoms with Gasteiger partial charge in [0.05, 0.1) is 23.5 Å². The molecule has 57 heavy (non-hydrogen) atoms. The molecule has 0 unspecified atom stereocenters. The number of pyridine rings is 1. The molecule has 3 aliphatic heterocycles. The van der Waals surface area contributed by atoms with Gasteiger partial charge in [-0.2, -0.15) is 5.10 Å². The molecule has 0 bridgehead atoms. The topological polar surface area (TPSA) is 169 Å². The van der Waals surface area contributed by atoms with Gasteiger partial charge in [0.25, 0.3) is 0 Å². The molecule has 2 aromatic heterocycles. The maximum atomic E-state index is 14.7. The van der Waals surface area contributed by atoms with E-state index in [1.54, 1.807) is 37.8 Å². The number of aliphatic hydroxyl groups is 1. The number of aliphatic hydroxyl groups excluding tert-OH is 1. The lowest BCUT2D eigenvalue weighted by Gasteiger charge is -2.47. The fourth-order valence-electron chi connectivity index (χ4n) is 9.18. The Hall–Kier alpha value is -3.21. The first-order valence-electron chi connectivity index (χ1n) is 20.1. The van der Waals surface area contributed by atoms with Crippen LogP contribution in [0.1, 0.15) is 74.7 Å². The van der Waals surface area contributed by atoms with E-state index in [1.807, 2.05) is 71.1 Å². The highest BCUT2D eigenvalue weighted by Crippen LogP contribution is 2.49. The fourth-order valence-corrected chi connectivity index (χ4v) is 10.6. The number of carbonyl (C=O) groups excluding carboxylic acids is 4. The van der Waals surface area contributed by atoms with E-state index >= 15 is 0 Å². The number of rotatable bonds is 10. The molecule has 0 spiro atoms. The Labute approximate surface area is 341 Å². The normalized spacial score (nSPS) is 38.4. The third-order valence-corrected chi connectivity index (χ3v) is 13.8. The number of likely N-dealkylation sites (N-methyl/N-ethyl adjacent to an activating group) is 1. The number of aryl methyl sites for hydroxylation is 1. The van der Waals surface area contributed by atoms with Crippen molar-refractivity contribution >= 4 is 35.3 Å². The van der Waals surface area contributed by atoms with Crippen molar-refractivity contribution < 1.29 is 48.0 Å². The number of ketones is 2. The van der Waals surface area contributed by atoms with E-state index in [1.165, 1.54) is 25.8 Å². The summed E-state index contributed by atoms with van der Waals surface area (Å²) in [6.45, 7) is 14.5. The molecule has 0 amide bonds. The van der Waals surface area contributed by atoms with Crippen LogP contribution in [-0.4, -0.2) is 128 Å². The van der Waals surface area contributed by atoms with Gasteiger partial charge < -0.3 is 33.7 Å². The molecule has 3 saturated heterocycles. The molecule has 2 aromatic rings. The van der Waals surface area contributed by atoms with E-state index in [0.717, 1.165) is 11.3 Å². The zero-order chi connectivity index (χ0) is 42.0. The zero-order valence-corrected chi connectivity index (χ0v) is 36.1. The lowest BCUT2D eigenvalue weighted by Crippen LogP contribution is -2.59. The van der Waals surface area contributed by atoms with Crippen LogP contribution in [0.15, 0.2) is 36.8 Å². The molecule has 3 aliphatic rings. The average molecular weight is 815 g/mol. The quantitative estimate of drug-likeness (QED) is 0.261. The van der Waals surface area contributed by atoms with E-state index in [0.29, 0.717) is 18.7 Å². The Kier molecular flexibility index (Phi) is 14.5. The van der Waals surface area contributed by atoms with Gasteiger partial charge in [-0.1, -0.05) is 27.7 Å². The number of thioether (sulfide) groups is 1. The number of carbonyl (C=O) groups is 4. The second-order valence-electron chi connectivity index (χ2n) is 16.8. The molecule has 0 saturated carbocycles. The number of aromatic nitrogens is 3. The Morgan fingerprint density at radius 2 is 1.75 bits per heavy atom. The van der Waals surface area contributed by atoms with Gasteiger partial charge in [0, 0.05) is 73.3 Å². The maximum absolute atomic E-state index is 14.7. The van der Waals surface area contributed by atoms with Crippen LogP contribution < -0.4 is 0 Å². The van der Waals surface area contributed by atoms with Gasteiger partial charge in [-0.15, -0.1) is 11.8 Å². The summed E-state index contributed by atoms with van der Waals surface area (Å²) in [7, 11) is 5.24. The number of ether oxygens (including phenoxy) is 5. The van der Waals surface area contributed by atoms with Gasteiger partial charge in [0.15, 0.2) is 17.7 Å². The zero-order valence-electron chi connectivity index (χ0n) is 35.2. The first-order chi connectivity index (χ1) is 26.9. The summed E-state index contributed by atoms with van der Waals surface area (Å²) in [6.07, 6.45) is 1.89. The summed E-state index contributed by atoms with van der Waals surface area (Å²) in [4.78, 5) is 63.0. The lowest BCUT2D eigenvalue weighted by atomic mass is 9.70. The maximum Gasteiger partial charge on any atom is 0.320 e. The molecule has 0 aliphatic carbocycles. The SMILES string of the molecule is CC[C@H]1OC(=O)[C@H](C)C(=O)[C@H](C)[C@@H](O[C@@H]2O[C@H](C)C[C@H](N(C)C)[C@H]2O)[C@](C)(OC)C[C@@H](C)C(=O)[C@H](C)[C@H]2[C@H](SCCn3ccc(-c4cccnc4)n3)C(=O)O[C@@]21C. The van der Waals surface area contributed by atoms with E-state index in [-0.39, 0.29) is 30.8 Å². The van der Waals surface area contributed by atoms with Crippen molar-refractivity contribution in [1.82, 2.24) is 19.7 Å². The van der Waals surface area contributed by atoms with Crippen LogP contribution in [0.4, 0.5) is 0 Å². The van der Waals surface area contributed by atoms with E-state index in [2.05, 4.69) is 10.1 Å². The Morgan fingerprint density at radius 3 is 2.39 bits per heavy atom.